The second-order valence-electron chi connectivity index (χ2n) is 6.88. The molecule has 0 aromatic heterocycles. The highest BCUT2D eigenvalue weighted by atomic mass is 19.4. The Labute approximate surface area is 158 Å². The van der Waals surface area contributed by atoms with E-state index in [2.05, 4.69) is 5.32 Å². The van der Waals surface area contributed by atoms with Crippen LogP contribution in [0.2, 0.25) is 0 Å². The third kappa shape index (κ3) is 6.86. The SMILES string of the molecule is CCN(CC(=O)Nc1ccccc1C(F)(F)F)CC(=O)N(C(C)C)C(C)C. The van der Waals surface area contributed by atoms with Crippen LogP contribution in [0.1, 0.15) is 40.2 Å². The molecule has 5 nitrogen and oxygen atoms in total. The third-order valence-corrected chi connectivity index (χ3v) is 4.08. The van der Waals surface area contributed by atoms with Crippen molar-refractivity contribution in [2.24, 2.45) is 0 Å². The van der Waals surface area contributed by atoms with E-state index in [0.717, 1.165) is 6.07 Å². The Kier molecular flexibility index (Phi) is 8.27. The van der Waals surface area contributed by atoms with Crippen molar-refractivity contribution in [2.45, 2.75) is 52.9 Å². The topological polar surface area (TPSA) is 52.7 Å². The van der Waals surface area contributed by atoms with Gasteiger partial charge in [-0.05, 0) is 46.4 Å². The van der Waals surface area contributed by atoms with E-state index in [1.165, 1.54) is 18.2 Å². The summed E-state index contributed by atoms with van der Waals surface area (Å²) in [5, 5.41) is 2.30. The number of amides is 2. The number of anilines is 1. The van der Waals surface area contributed by atoms with Gasteiger partial charge < -0.3 is 10.2 Å². The highest BCUT2D eigenvalue weighted by molar-refractivity contribution is 5.93. The molecular formula is C19H28F3N3O2. The summed E-state index contributed by atoms with van der Waals surface area (Å²) in [5.74, 6) is -0.715. The molecule has 0 atom stereocenters. The van der Waals surface area contributed by atoms with Gasteiger partial charge in [0, 0.05) is 12.1 Å². The Morgan fingerprint density at radius 1 is 1.04 bits per heavy atom. The molecule has 0 saturated carbocycles. The molecule has 0 fully saturated rings. The maximum Gasteiger partial charge on any atom is 0.418 e. The molecule has 2 amide bonds. The van der Waals surface area contributed by atoms with E-state index in [9.17, 15) is 22.8 Å². The van der Waals surface area contributed by atoms with Crippen molar-refractivity contribution in [3.05, 3.63) is 29.8 Å². The normalized spacial score (nSPS) is 12.0. The number of nitrogens with one attached hydrogen (secondary N) is 1. The maximum absolute atomic E-state index is 13.0. The first-order chi connectivity index (χ1) is 12.5. The van der Waals surface area contributed by atoms with E-state index >= 15 is 0 Å². The zero-order valence-corrected chi connectivity index (χ0v) is 16.4. The minimum absolute atomic E-state index is 0.0173. The van der Waals surface area contributed by atoms with Crippen molar-refractivity contribution in [2.75, 3.05) is 25.0 Å². The molecule has 0 saturated heterocycles. The number of benzene rings is 1. The van der Waals surface area contributed by atoms with E-state index in [-0.39, 0.29) is 36.8 Å². The molecule has 0 unspecified atom stereocenters. The lowest BCUT2D eigenvalue weighted by atomic mass is 10.1. The average molecular weight is 387 g/mol. The van der Waals surface area contributed by atoms with Gasteiger partial charge in [0.1, 0.15) is 0 Å². The lowest BCUT2D eigenvalue weighted by Gasteiger charge is -2.32. The van der Waals surface area contributed by atoms with Gasteiger partial charge in [-0.1, -0.05) is 19.1 Å². The number of rotatable bonds is 8. The summed E-state index contributed by atoms with van der Waals surface area (Å²) in [6.45, 7) is 9.72. The van der Waals surface area contributed by atoms with Crippen LogP contribution in [0.15, 0.2) is 24.3 Å². The molecule has 0 spiro atoms. The minimum atomic E-state index is -4.56. The summed E-state index contributed by atoms with van der Waals surface area (Å²) in [7, 11) is 0. The van der Waals surface area contributed by atoms with Crippen LogP contribution in [0.25, 0.3) is 0 Å². The zero-order valence-electron chi connectivity index (χ0n) is 16.4. The molecular weight excluding hydrogens is 359 g/mol. The number of alkyl halides is 3. The summed E-state index contributed by atoms with van der Waals surface area (Å²) in [5.41, 5.74) is -1.19. The van der Waals surface area contributed by atoms with Crippen molar-refractivity contribution in [1.29, 1.82) is 0 Å². The van der Waals surface area contributed by atoms with Crippen LogP contribution in [-0.4, -0.2) is 53.3 Å². The first-order valence-electron chi connectivity index (χ1n) is 8.96. The summed E-state index contributed by atoms with van der Waals surface area (Å²) in [6.07, 6.45) is -4.56. The summed E-state index contributed by atoms with van der Waals surface area (Å²) >= 11 is 0. The van der Waals surface area contributed by atoms with Gasteiger partial charge in [-0.25, -0.2) is 0 Å². The quantitative estimate of drug-likeness (QED) is 0.741. The standard InChI is InChI=1S/C19H28F3N3O2/c1-6-24(12-18(27)25(13(2)3)14(4)5)11-17(26)23-16-10-8-7-9-15(16)19(20,21)22/h7-10,13-14H,6,11-12H2,1-5H3,(H,23,26). The van der Waals surface area contributed by atoms with Gasteiger partial charge in [0.05, 0.1) is 24.3 Å². The zero-order chi connectivity index (χ0) is 20.8. The van der Waals surface area contributed by atoms with Crippen LogP contribution in [0.4, 0.5) is 18.9 Å². The molecule has 8 heteroatoms. The number of hydrogen-bond acceptors (Lipinski definition) is 3. The minimum Gasteiger partial charge on any atom is -0.337 e. The van der Waals surface area contributed by atoms with Crippen LogP contribution < -0.4 is 5.32 Å². The third-order valence-electron chi connectivity index (χ3n) is 4.08. The highest BCUT2D eigenvalue weighted by Crippen LogP contribution is 2.34. The smallest absolute Gasteiger partial charge is 0.337 e. The molecule has 0 aliphatic carbocycles. The summed E-state index contributed by atoms with van der Waals surface area (Å²) in [4.78, 5) is 28.1. The van der Waals surface area contributed by atoms with E-state index in [1.807, 2.05) is 27.7 Å². The van der Waals surface area contributed by atoms with Crippen LogP contribution >= 0.6 is 0 Å². The number of likely N-dealkylation sites (N-methyl/N-ethyl adjacent to an activating group) is 1. The predicted molar refractivity (Wildman–Crippen MR) is 99.3 cm³/mol. The van der Waals surface area contributed by atoms with Gasteiger partial charge in [-0.15, -0.1) is 0 Å². The van der Waals surface area contributed by atoms with Crippen LogP contribution in [0.3, 0.4) is 0 Å². The Morgan fingerprint density at radius 2 is 1.59 bits per heavy atom. The highest BCUT2D eigenvalue weighted by Gasteiger charge is 2.33. The molecule has 1 aromatic rings. The van der Waals surface area contributed by atoms with Gasteiger partial charge >= 0.3 is 6.18 Å². The molecule has 27 heavy (non-hydrogen) atoms. The maximum atomic E-state index is 13.0. The molecule has 0 aliphatic heterocycles. The van der Waals surface area contributed by atoms with Crippen LogP contribution in [0, 0.1) is 0 Å². The summed E-state index contributed by atoms with van der Waals surface area (Å²) < 4.78 is 39.1. The van der Waals surface area contributed by atoms with Crippen LogP contribution in [0.5, 0.6) is 0 Å². The Balaban J connectivity index is 2.79. The number of carbonyl (C=O) groups excluding carboxylic acids is 2. The van der Waals surface area contributed by atoms with Gasteiger partial charge in [-0.2, -0.15) is 13.2 Å². The Bertz CT molecular complexity index is 637. The van der Waals surface area contributed by atoms with E-state index in [0.29, 0.717) is 6.54 Å². The van der Waals surface area contributed by atoms with Gasteiger partial charge in [0.25, 0.3) is 0 Å². The largest absolute Gasteiger partial charge is 0.418 e. The fraction of sp³-hybridized carbons (Fsp3) is 0.579. The second-order valence-corrected chi connectivity index (χ2v) is 6.88. The summed E-state index contributed by atoms with van der Waals surface area (Å²) in [6, 6.07) is 4.85. The van der Waals surface area contributed by atoms with Crippen molar-refractivity contribution < 1.29 is 22.8 Å². The lowest BCUT2D eigenvalue weighted by Crippen LogP contribution is -2.48. The fourth-order valence-electron chi connectivity index (χ4n) is 2.96. The van der Waals surface area contributed by atoms with Gasteiger partial charge in [0.15, 0.2) is 0 Å². The Hall–Kier alpha value is -2.09. The van der Waals surface area contributed by atoms with Crippen molar-refractivity contribution in [1.82, 2.24) is 9.80 Å². The van der Waals surface area contributed by atoms with E-state index in [4.69, 9.17) is 0 Å². The molecule has 0 heterocycles. The van der Waals surface area contributed by atoms with Crippen molar-refractivity contribution in [3.8, 4) is 0 Å². The van der Waals surface area contributed by atoms with Crippen LogP contribution in [-0.2, 0) is 15.8 Å². The van der Waals surface area contributed by atoms with E-state index in [1.54, 1.807) is 16.7 Å². The Morgan fingerprint density at radius 3 is 2.07 bits per heavy atom. The lowest BCUT2D eigenvalue weighted by molar-refractivity contribution is -0.137. The monoisotopic (exact) mass is 387 g/mol. The number of carbonyl (C=O) groups is 2. The van der Waals surface area contributed by atoms with E-state index < -0.39 is 17.6 Å². The molecule has 0 bridgehead atoms. The first-order valence-corrected chi connectivity index (χ1v) is 8.96. The molecule has 152 valence electrons. The fourth-order valence-corrected chi connectivity index (χ4v) is 2.96. The van der Waals surface area contributed by atoms with Crippen molar-refractivity contribution >= 4 is 17.5 Å². The number of hydrogen-bond donors (Lipinski definition) is 1. The molecule has 1 aromatic carbocycles. The molecule has 0 radical (unpaired) electrons. The van der Waals surface area contributed by atoms with Gasteiger partial charge in [0.2, 0.25) is 11.8 Å². The number of halogens is 3. The second kappa shape index (κ2) is 9.73. The first kappa shape index (κ1) is 23.0. The molecule has 0 aliphatic rings. The average Bonchev–Trinajstić information content (AvgIpc) is 2.52. The number of para-hydroxylation sites is 1. The molecule has 1 rings (SSSR count). The molecule has 1 N–H and O–H groups in total. The van der Waals surface area contributed by atoms with Crippen molar-refractivity contribution in [3.63, 3.8) is 0 Å². The number of nitrogens with zero attached hydrogens (tertiary/aromatic N) is 2. The van der Waals surface area contributed by atoms with Gasteiger partial charge in [-0.3, -0.25) is 14.5 Å². The predicted octanol–water partition coefficient (Wildman–Crippen LogP) is 3.61.